The third kappa shape index (κ3) is 3.64. The summed E-state index contributed by atoms with van der Waals surface area (Å²) in [5, 5.41) is 12.4. The first kappa shape index (κ1) is 16.2. The van der Waals surface area contributed by atoms with E-state index in [1.54, 1.807) is 6.07 Å². The Morgan fingerprint density at radius 2 is 1.96 bits per heavy atom. The van der Waals surface area contributed by atoms with Gasteiger partial charge < -0.3 is 15.3 Å². The molecule has 1 aliphatic heterocycles. The van der Waals surface area contributed by atoms with Gasteiger partial charge in [-0.1, -0.05) is 0 Å². The van der Waals surface area contributed by atoms with E-state index in [2.05, 4.69) is 16.3 Å². The molecule has 1 aromatic carbocycles. The van der Waals surface area contributed by atoms with E-state index in [-0.39, 0.29) is 18.7 Å². The summed E-state index contributed by atoms with van der Waals surface area (Å²) in [6, 6.07) is 7.68. The zero-order valence-electron chi connectivity index (χ0n) is 13.7. The molecule has 0 aliphatic carbocycles. The highest BCUT2D eigenvalue weighted by molar-refractivity contribution is 5.95. The van der Waals surface area contributed by atoms with Gasteiger partial charge in [0.05, 0.1) is 11.9 Å². The normalized spacial score (nSPS) is 14.1. The molecule has 0 atom stereocenters. The number of hydrogen-bond donors (Lipinski definition) is 2. The Bertz CT molecular complexity index is 782. The van der Waals surface area contributed by atoms with Crippen LogP contribution in [0, 0.1) is 6.92 Å². The van der Waals surface area contributed by atoms with Crippen molar-refractivity contribution >= 4 is 34.3 Å². The molecule has 1 amide bonds. The van der Waals surface area contributed by atoms with Crippen molar-refractivity contribution in [2.24, 2.45) is 0 Å². The Morgan fingerprint density at radius 3 is 2.67 bits per heavy atom. The number of anilines is 2. The fraction of sp³-hybridized carbons (Fsp3) is 0.389. The number of rotatable bonds is 5. The van der Waals surface area contributed by atoms with E-state index in [4.69, 9.17) is 10.1 Å². The van der Waals surface area contributed by atoms with Gasteiger partial charge in [0.2, 0.25) is 5.91 Å². The molecule has 2 N–H and O–H groups in total. The van der Waals surface area contributed by atoms with Crippen LogP contribution in [0.25, 0.3) is 10.9 Å². The van der Waals surface area contributed by atoms with Crippen molar-refractivity contribution in [2.45, 2.75) is 32.6 Å². The number of pyridine rings is 1. The van der Waals surface area contributed by atoms with Gasteiger partial charge in [-0.25, -0.2) is 4.98 Å². The maximum atomic E-state index is 11.8. The van der Waals surface area contributed by atoms with Gasteiger partial charge in [-0.05, 0) is 49.6 Å². The Morgan fingerprint density at radius 1 is 1.21 bits per heavy atom. The van der Waals surface area contributed by atoms with Crippen LogP contribution in [0.4, 0.5) is 11.5 Å². The number of nitrogens with zero attached hydrogens (tertiary/aromatic N) is 2. The van der Waals surface area contributed by atoms with Crippen molar-refractivity contribution in [2.75, 3.05) is 23.3 Å². The van der Waals surface area contributed by atoms with E-state index >= 15 is 0 Å². The molecule has 24 heavy (non-hydrogen) atoms. The Labute approximate surface area is 140 Å². The van der Waals surface area contributed by atoms with Crippen molar-refractivity contribution in [3.05, 3.63) is 29.8 Å². The predicted molar refractivity (Wildman–Crippen MR) is 93.4 cm³/mol. The smallest absolute Gasteiger partial charge is 0.303 e. The molecular weight excluding hydrogens is 306 g/mol. The number of carboxylic acids is 1. The van der Waals surface area contributed by atoms with Gasteiger partial charge in [0.1, 0.15) is 5.82 Å². The number of carboxylic acid groups (broad SMARTS) is 1. The molecule has 0 spiro atoms. The number of benzene rings is 1. The van der Waals surface area contributed by atoms with E-state index < -0.39 is 5.97 Å². The second-order valence-electron chi connectivity index (χ2n) is 6.17. The highest BCUT2D eigenvalue weighted by atomic mass is 16.4. The number of carbonyl (C=O) groups is 2. The standard InChI is InChI=1S/C18H21N3O3/c1-12-10-16(21-8-2-3-9-21)20-15-5-4-13(11-14(12)15)19-17(22)6-7-18(23)24/h4-5,10-11H,2-3,6-9H2,1H3,(H,19,22)(H,23,24). The first-order valence-electron chi connectivity index (χ1n) is 8.21. The Kier molecular flexibility index (Phi) is 4.64. The van der Waals surface area contributed by atoms with Gasteiger partial charge in [0.25, 0.3) is 0 Å². The lowest BCUT2D eigenvalue weighted by molar-refractivity contribution is -0.138. The summed E-state index contributed by atoms with van der Waals surface area (Å²) in [4.78, 5) is 29.3. The zero-order chi connectivity index (χ0) is 17.1. The lowest BCUT2D eigenvalue weighted by atomic mass is 10.1. The highest BCUT2D eigenvalue weighted by Gasteiger charge is 2.15. The third-order valence-corrected chi connectivity index (χ3v) is 4.28. The molecule has 1 aliphatic rings. The zero-order valence-corrected chi connectivity index (χ0v) is 13.7. The van der Waals surface area contributed by atoms with Crippen molar-refractivity contribution in [3.8, 4) is 0 Å². The van der Waals surface area contributed by atoms with Gasteiger partial charge in [-0.2, -0.15) is 0 Å². The fourth-order valence-electron chi connectivity index (χ4n) is 3.01. The summed E-state index contributed by atoms with van der Waals surface area (Å²) in [6.45, 7) is 4.14. The van der Waals surface area contributed by atoms with Crippen LogP contribution < -0.4 is 10.2 Å². The topological polar surface area (TPSA) is 82.5 Å². The van der Waals surface area contributed by atoms with Crippen molar-refractivity contribution in [1.82, 2.24) is 4.98 Å². The second-order valence-corrected chi connectivity index (χ2v) is 6.17. The minimum atomic E-state index is -0.974. The van der Waals surface area contributed by atoms with Crippen LogP contribution in [-0.2, 0) is 9.59 Å². The summed E-state index contributed by atoms with van der Waals surface area (Å²) < 4.78 is 0. The summed E-state index contributed by atoms with van der Waals surface area (Å²) in [5.41, 5.74) is 2.68. The van der Waals surface area contributed by atoms with Crippen LogP contribution in [0.15, 0.2) is 24.3 Å². The average molecular weight is 327 g/mol. The number of aliphatic carboxylic acids is 1. The number of fused-ring (bicyclic) bond motifs is 1. The monoisotopic (exact) mass is 327 g/mol. The van der Waals surface area contributed by atoms with Gasteiger partial charge in [0, 0.05) is 30.6 Å². The lowest BCUT2D eigenvalue weighted by Crippen LogP contribution is -2.19. The van der Waals surface area contributed by atoms with E-state index in [0.29, 0.717) is 5.69 Å². The predicted octanol–water partition coefficient (Wildman–Crippen LogP) is 2.95. The van der Waals surface area contributed by atoms with Gasteiger partial charge >= 0.3 is 5.97 Å². The maximum Gasteiger partial charge on any atom is 0.303 e. The van der Waals surface area contributed by atoms with Gasteiger partial charge in [-0.3, -0.25) is 9.59 Å². The molecule has 6 nitrogen and oxygen atoms in total. The number of hydrogen-bond acceptors (Lipinski definition) is 4. The molecule has 2 aromatic rings. The Hall–Kier alpha value is -2.63. The van der Waals surface area contributed by atoms with Crippen molar-refractivity contribution in [1.29, 1.82) is 0 Å². The van der Waals surface area contributed by atoms with E-state index in [1.165, 1.54) is 12.8 Å². The molecule has 1 fully saturated rings. The van der Waals surface area contributed by atoms with Crippen LogP contribution in [0.5, 0.6) is 0 Å². The third-order valence-electron chi connectivity index (χ3n) is 4.28. The molecule has 6 heteroatoms. The second kappa shape index (κ2) is 6.86. The number of aromatic nitrogens is 1. The minimum Gasteiger partial charge on any atom is -0.481 e. The van der Waals surface area contributed by atoms with E-state index in [1.807, 2.05) is 19.1 Å². The summed E-state index contributed by atoms with van der Waals surface area (Å²) in [7, 11) is 0. The molecule has 0 radical (unpaired) electrons. The molecule has 1 saturated heterocycles. The van der Waals surface area contributed by atoms with Crippen molar-refractivity contribution in [3.63, 3.8) is 0 Å². The van der Waals surface area contributed by atoms with E-state index in [0.717, 1.165) is 35.4 Å². The molecule has 0 bridgehead atoms. The Balaban J connectivity index is 1.80. The molecular formula is C18H21N3O3. The molecule has 0 saturated carbocycles. The molecule has 1 aromatic heterocycles. The maximum absolute atomic E-state index is 11.8. The summed E-state index contributed by atoms with van der Waals surface area (Å²) >= 11 is 0. The van der Waals surface area contributed by atoms with Crippen LogP contribution >= 0.6 is 0 Å². The van der Waals surface area contributed by atoms with Gasteiger partial charge in [0.15, 0.2) is 0 Å². The number of amides is 1. The molecule has 126 valence electrons. The van der Waals surface area contributed by atoms with Crippen LogP contribution in [0.3, 0.4) is 0 Å². The SMILES string of the molecule is Cc1cc(N2CCCC2)nc2ccc(NC(=O)CCC(=O)O)cc12. The summed E-state index contributed by atoms with van der Waals surface area (Å²) in [6.07, 6.45) is 2.22. The first-order chi connectivity index (χ1) is 11.5. The quantitative estimate of drug-likeness (QED) is 0.882. The molecule has 2 heterocycles. The minimum absolute atomic E-state index is 0.0293. The van der Waals surface area contributed by atoms with Crippen LogP contribution in [0.1, 0.15) is 31.2 Å². The van der Waals surface area contributed by atoms with Crippen LogP contribution in [0.2, 0.25) is 0 Å². The fourth-order valence-corrected chi connectivity index (χ4v) is 3.01. The van der Waals surface area contributed by atoms with E-state index in [9.17, 15) is 9.59 Å². The highest BCUT2D eigenvalue weighted by Crippen LogP contribution is 2.27. The largest absolute Gasteiger partial charge is 0.481 e. The molecule has 3 rings (SSSR count). The average Bonchev–Trinajstić information content (AvgIpc) is 3.08. The van der Waals surface area contributed by atoms with Gasteiger partial charge in [-0.15, -0.1) is 0 Å². The first-order valence-corrected chi connectivity index (χ1v) is 8.21. The summed E-state index contributed by atoms with van der Waals surface area (Å²) in [5.74, 6) is -0.259. The van der Waals surface area contributed by atoms with Crippen molar-refractivity contribution < 1.29 is 14.7 Å². The lowest BCUT2D eigenvalue weighted by Gasteiger charge is -2.18. The number of aryl methyl sites for hydroxylation is 1. The molecule has 0 unspecified atom stereocenters. The number of nitrogens with one attached hydrogen (secondary N) is 1. The number of carbonyl (C=O) groups excluding carboxylic acids is 1. The van der Waals surface area contributed by atoms with Crippen LogP contribution in [-0.4, -0.2) is 35.1 Å².